The molecular formula is C14H22O. The number of fused-ring (bicyclic) bond motifs is 1. The summed E-state index contributed by atoms with van der Waals surface area (Å²) in [5, 5.41) is 0. The summed E-state index contributed by atoms with van der Waals surface area (Å²) < 4.78 is 5.81. The first-order valence-corrected chi connectivity index (χ1v) is 6.65. The van der Waals surface area contributed by atoms with Crippen LogP contribution < -0.4 is 0 Å². The standard InChI is InChI=1S/C14H22O/c1-11-13-7-3-2-4-8-14(11,13)10-12-6-5-9-15-12/h7,11-12H,2-6,8-10H2,1H3. The molecule has 2 aliphatic carbocycles. The van der Waals surface area contributed by atoms with Crippen molar-refractivity contribution < 1.29 is 4.74 Å². The number of rotatable bonds is 2. The molecule has 0 aromatic carbocycles. The van der Waals surface area contributed by atoms with Crippen molar-refractivity contribution in [2.45, 2.75) is 58.0 Å². The lowest BCUT2D eigenvalue weighted by Crippen LogP contribution is -2.15. The van der Waals surface area contributed by atoms with E-state index in [0.717, 1.165) is 12.5 Å². The molecule has 1 saturated heterocycles. The molecule has 3 aliphatic rings. The zero-order chi connectivity index (χ0) is 10.3. The Labute approximate surface area is 92.9 Å². The molecule has 1 aliphatic heterocycles. The molecule has 0 N–H and O–H groups in total. The minimum atomic E-state index is 0.580. The Bertz CT molecular complexity index is 275. The van der Waals surface area contributed by atoms with Crippen LogP contribution in [0.5, 0.6) is 0 Å². The van der Waals surface area contributed by atoms with Crippen molar-refractivity contribution in [3.8, 4) is 0 Å². The maximum Gasteiger partial charge on any atom is 0.0584 e. The Balaban J connectivity index is 1.72. The van der Waals surface area contributed by atoms with E-state index in [4.69, 9.17) is 4.74 Å². The molecule has 3 rings (SSSR count). The summed E-state index contributed by atoms with van der Waals surface area (Å²) in [7, 11) is 0. The molecule has 1 heteroatoms. The Morgan fingerprint density at radius 1 is 1.40 bits per heavy atom. The van der Waals surface area contributed by atoms with Crippen LogP contribution in [0.2, 0.25) is 0 Å². The van der Waals surface area contributed by atoms with Crippen LogP contribution in [0, 0.1) is 11.3 Å². The van der Waals surface area contributed by atoms with Crippen molar-refractivity contribution in [2.75, 3.05) is 6.61 Å². The fourth-order valence-corrected chi connectivity index (χ4v) is 3.82. The molecule has 1 saturated carbocycles. The molecule has 84 valence electrons. The van der Waals surface area contributed by atoms with E-state index in [2.05, 4.69) is 13.0 Å². The van der Waals surface area contributed by atoms with Crippen LogP contribution in [-0.4, -0.2) is 12.7 Å². The van der Waals surface area contributed by atoms with Gasteiger partial charge in [0.05, 0.1) is 6.10 Å². The van der Waals surface area contributed by atoms with E-state index >= 15 is 0 Å². The molecule has 3 unspecified atom stereocenters. The smallest absolute Gasteiger partial charge is 0.0584 e. The summed E-state index contributed by atoms with van der Waals surface area (Å²) in [6.45, 7) is 3.43. The van der Waals surface area contributed by atoms with Crippen molar-refractivity contribution in [2.24, 2.45) is 11.3 Å². The second kappa shape index (κ2) is 3.62. The van der Waals surface area contributed by atoms with Crippen LogP contribution >= 0.6 is 0 Å². The van der Waals surface area contributed by atoms with E-state index in [1.807, 2.05) is 0 Å². The molecule has 0 bridgehead atoms. The highest BCUT2D eigenvalue weighted by molar-refractivity contribution is 5.38. The van der Waals surface area contributed by atoms with Gasteiger partial charge in [0, 0.05) is 12.0 Å². The minimum absolute atomic E-state index is 0.580. The Morgan fingerprint density at radius 3 is 3.13 bits per heavy atom. The van der Waals surface area contributed by atoms with Crippen molar-refractivity contribution in [3.63, 3.8) is 0 Å². The van der Waals surface area contributed by atoms with Crippen LogP contribution in [0.15, 0.2) is 11.6 Å². The average Bonchev–Trinajstić information content (AvgIpc) is 2.58. The summed E-state index contributed by atoms with van der Waals surface area (Å²) in [4.78, 5) is 0. The van der Waals surface area contributed by atoms with Crippen LogP contribution in [0.3, 0.4) is 0 Å². The molecule has 0 aromatic rings. The first kappa shape index (κ1) is 9.89. The summed E-state index contributed by atoms with van der Waals surface area (Å²) in [5.74, 6) is 0.863. The normalized spacial score (nSPS) is 44.5. The van der Waals surface area contributed by atoms with Gasteiger partial charge in [0.2, 0.25) is 0 Å². The van der Waals surface area contributed by atoms with Gasteiger partial charge in [-0.25, -0.2) is 0 Å². The van der Waals surface area contributed by atoms with Crippen LogP contribution in [0.4, 0.5) is 0 Å². The lowest BCUT2D eigenvalue weighted by Gasteiger charge is -2.19. The van der Waals surface area contributed by atoms with Gasteiger partial charge in [0.15, 0.2) is 0 Å². The third-order valence-corrected chi connectivity index (χ3v) is 4.84. The predicted octanol–water partition coefficient (Wildman–Crippen LogP) is 3.69. The maximum atomic E-state index is 5.81. The highest BCUT2D eigenvalue weighted by atomic mass is 16.5. The molecule has 15 heavy (non-hydrogen) atoms. The molecule has 0 radical (unpaired) electrons. The van der Waals surface area contributed by atoms with E-state index in [0.29, 0.717) is 11.5 Å². The lowest BCUT2D eigenvalue weighted by molar-refractivity contribution is 0.0827. The first-order chi connectivity index (χ1) is 7.33. The summed E-state index contributed by atoms with van der Waals surface area (Å²) >= 11 is 0. The molecule has 3 atom stereocenters. The molecule has 0 aromatic heterocycles. The molecule has 1 heterocycles. The van der Waals surface area contributed by atoms with E-state index < -0.39 is 0 Å². The van der Waals surface area contributed by atoms with Gasteiger partial charge in [-0.15, -0.1) is 0 Å². The van der Waals surface area contributed by atoms with Gasteiger partial charge in [0.25, 0.3) is 0 Å². The van der Waals surface area contributed by atoms with E-state index in [1.165, 1.54) is 44.9 Å². The molecule has 0 spiro atoms. The lowest BCUT2D eigenvalue weighted by atomic mass is 9.89. The summed E-state index contributed by atoms with van der Waals surface area (Å²) in [6.07, 6.45) is 12.6. The maximum absolute atomic E-state index is 5.81. The summed E-state index contributed by atoms with van der Waals surface area (Å²) in [6, 6.07) is 0. The largest absolute Gasteiger partial charge is 0.378 e. The number of hydrogen-bond acceptors (Lipinski definition) is 1. The fourth-order valence-electron chi connectivity index (χ4n) is 3.82. The van der Waals surface area contributed by atoms with Gasteiger partial charge in [-0.1, -0.05) is 25.0 Å². The SMILES string of the molecule is CC1C2=CCCCCC21CC1CCCO1. The zero-order valence-corrected chi connectivity index (χ0v) is 9.80. The highest BCUT2D eigenvalue weighted by Gasteiger charge is 2.56. The Morgan fingerprint density at radius 2 is 2.33 bits per heavy atom. The third kappa shape index (κ3) is 1.56. The van der Waals surface area contributed by atoms with Crippen molar-refractivity contribution in [3.05, 3.63) is 11.6 Å². The fraction of sp³-hybridized carbons (Fsp3) is 0.857. The molecule has 0 amide bonds. The monoisotopic (exact) mass is 206 g/mol. The van der Waals surface area contributed by atoms with Crippen LogP contribution in [-0.2, 0) is 4.74 Å². The molecular weight excluding hydrogens is 184 g/mol. The molecule has 2 fully saturated rings. The summed E-state index contributed by atoms with van der Waals surface area (Å²) in [5.41, 5.74) is 2.36. The van der Waals surface area contributed by atoms with E-state index in [9.17, 15) is 0 Å². The predicted molar refractivity (Wildman–Crippen MR) is 61.7 cm³/mol. The van der Waals surface area contributed by atoms with E-state index in [1.54, 1.807) is 5.57 Å². The minimum Gasteiger partial charge on any atom is -0.378 e. The Hall–Kier alpha value is -0.300. The van der Waals surface area contributed by atoms with Crippen molar-refractivity contribution in [1.29, 1.82) is 0 Å². The van der Waals surface area contributed by atoms with Crippen molar-refractivity contribution >= 4 is 0 Å². The average molecular weight is 206 g/mol. The first-order valence-electron chi connectivity index (χ1n) is 6.65. The number of hydrogen-bond donors (Lipinski definition) is 0. The number of ether oxygens (including phenoxy) is 1. The van der Waals surface area contributed by atoms with E-state index in [-0.39, 0.29) is 0 Å². The van der Waals surface area contributed by atoms with Gasteiger partial charge < -0.3 is 4.74 Å². The zero-order valence-electron chi connectivity index (χ0n) is 9.80. The van der Waals surface area contributed by atoms with Gasteiger partial charge in [-0.2, -0.15) is 0 Å². The second-order valence-electron chi connectivity index (χ2n) is 5.62. The quantitative estimate of drug-likeness (QED) is 0.626. The van der Waals surface area contributed by atoms with Gasteiger partial charge in [0.1, 0.15) is 0 Å². The van der Waals surface area contributed by atoms with Gasteiger partial charge in [-0.05, 0) is 44.4 Å². The Kier molecular flexibility index (Phi) is 2.39. The van der Waals surface area contributed by atoms with Gasteiger partial charge >= 0.3 is 0 Å². The molecule has 1 nitrogen and oxygen atoms in total. The van der Waals surface area contributed by atoms with Gasteiger partial charge in [-0.3, -0.25) is 0 Å². The van der Waals surface area contributed by atoms with Crippen molar-refractivity contribution in [1.82, 2.24) is 0 Å². The third-order valence-electron chi connectivity index (χ3n) is 4.84. The highest BCUT2D eigenvalue weighted by Crippen LogP contribution is 2.65. The topological polar surface area (TPSA) is 9.23 Å². The van der Waals surface area contributed by atoms with Crippen LogP contribution in [0.1, 0.15) is 51.9 Å². The second-order valence-corrected chi connectivity index (χ2v) is 5.62. The van der Waals surface area contributed by atoms with Crippen LogP contribution in [0.25, 0.3) is 0 Å². The number of allylic oxidation sites excluding steroid dienone is 2.